The number of carbonyl (C=O) groups is 2. The van der Waals surface area contributed by atoms with Crippen molar-refractivity contribution in [3.8, 4) is 16.3 Å². The molecule has 134 valence electrons. The van der Waals surface area contributed by atoms with Crippen molar-refractivity contribution in [2.45, 2.75) is 32.7 Å². The Hall–Kier alpha value is -2.41. The molecule has 2 aromatic rings. The third-order valence-corrected chi connectivity index (χ3v) is 4.97. The van der Waals surface area contributed by atoms with Gasteiger partial charge in [0.1, 0.15) is 16.8 Å². The Kier molecular flexibility index (Phi) is 6.52. The fourth-order valence-corrected chi connectivity index (χ4v) is 3.15. The fraction of sp³-hybridized carbons (Fsp3) is 0.389. The number of nitrogens with one attached hydrogen (secondary N) is 1. The van der Waals surface area contributed by atoms with Crippen LogP contribution in [0.4, 0.5) is 0 Å². The van der Waals surface area contributed by atoms with Crippen LogP contribution in [0.2, 0.25) is 0 Å². The number of aromatic nitrogens is 1. The van der Waals surface area contributed by atoms with E-state index in [0.29, 0.717) is 12.1 Å². The number of nitrogens with zero attached hydrogens (tertiary/aromatic N) is 1. The second-order valence-electron chi connectivity index (χ2n) is 5.82. The highest BCUT2D eigenvalue weighted by Crippen LogP contribution is 2.25. The molecule has 7 heteroatoms. The van der Waals surface area contributed by atoms with Crippen LogP contribution in [-0.2, 0) is 16.0 Å². The number of rotatable bonds is 8. The Morgan fingerprint density at radius 3 is 2.56 bits per heavy atom. The number of methoxy groups -OCH3 is 1. The topological polar surface area (TPSA) is 88.5 Å². The summed E-state index contributed by atoms with van der Waals surface area (Å²) < 4.78 is 5.13. The first-order valence-corrected chi connectivity index (χ1v) is 8.93. The van der Waals surface area contributed by atoms with Crippen LogP contribution in [0.3, 0.4) is 0 Å². The first kappa shape index (κ1) is 18.9. The van der Waals surface area contributed by atoms with Crippen molar-refractivity contribution in [2.75, 3.05) is 7.11 Å². The molecule has 0 bridgehead atoms. The van der Waals surface area contributed by atoms with Gasteiger partial charge in [0.15, 0.2) is 0 Å². The largest absolute Gasteiger partial charge is 0.497 e. The van der Waals surface area contributed by atoms with Gasteiger partial charge in [-0.05, 0) is 30.2 Å². The number of benzene rings is 1. The van der Waals surface area contributed by atoms with Crippen molar-refractivity contribution in [1.29, 1.82) is 0 Å². The molecule has 0 aliphatic heterocycles. The molecule has 1 aromatic heterocycles. The zero-order valence-corrected chi connectivity index (χ0v) is 15.3. The van der Waals surface area contributed by atoms with Crippen molar-refractivity contribution >= 4 is 23.2 Å². The Labute approximate surface area is 150 Å². The normalized spacial score (nSPS) is 13.1. The lowest BCUT2D eigenvalue weighted by atomic mass is 9.99. The zero-order valence-electron chi connectivity index (χ0n) is 14.5. The molecule has 2 atom stereocenters. The van der Waals surface area contributed by atoms with Crippen molar-refractivity contribution in [1.82, 2.24) is 10.3 Å². The smallest absolute Gasteiger partial charge is 0.326 e. The van der Waals surface area contributed by atoms with E-state index in [2.05, 4.69) is 10.3 Å². The van der Waals surface area contributed by atoms with Crippen LogP contribution in [0, 0.1) is 5.92 Å². The number of carboxylic acids is 1. The molecular weight excluding hydrogens is 340 g/mol. The number of carbonyl (C=O) groups excluding carboxylic acids is 1. The summed E-state index contributed by atoms with van der Waals surface area (Å²) in [5.41, 5.74) is 1.57. The fourth-order valence-electron chi connectivity index (χ4n) is 2.33. The lowest BCUT2D eigenvalue weighted by molar-refractivity contribution is -0.143. The van der Waals surface area contributed by atoms with E-state index in [1.54, 1.807) is 7.11 Å². The molecule has 2 N–H and O–H groups in total. The summed E-state index contributed by atoms with van der Waals surface area (Å²) in [6.45, 7) is 3.71. The summed E-state index contributed by atoms with van der Waals surface area (Å²) in [6.07, 6.45) is 0.739. The van der Waals surface area contributed by atoms with E-state index in [1.165, 1.54) is 11.3 Å². The van der Waals surface area contributed by atoms with Crippen molar-refractivity contribution < 1.29 is 19.4 Å². The molecule has 6 nitrogen and oxygen atoms in total. The van der Waals surface area contributed by atoms with Crippen LogP contribution in [-0.4, -0.2) is 35.1 Å². The van der Waals surface area contributed by atoms with E-state index in [1.807, 2.05) is 43.5 Å². The minimum absolute atomic E-state index is 0.0624. The van der Waals surface area contributed by atoms with E-state index < -0.39 is 12.0 Å². The van der Waals surface area contributed by atoms with Gasteiger partial charge in [0, 0.05) is 10.9 Å². The van der Waals surface area contributed by atoms with E-state index >= 15 is 0 Å². The lowest BCUT2D eigenvalue weighted by Crippen LogP contribution is -2.45. The zero-order chi connectivity index (χ0) is 18.4. The monoisotopic (exact) mass is 362 g/mol. The van der Waals surface area contributed by atoms with Gasteiger partial charge in [-0.2, -0.15) is 0 Å². The highest BCUT2D eigenvalue weighted by atomic mass is 32.1. The van der Waals surface area contributed by atoms with Crippen molar-refractivity contribution in [3.05, 3.63) is 35.3 Å². The molecule has 0 radical (unpaired) electrons. The van der Waals surface area contributed by atoms with Gasteiger partial charge in [0.2, 0.25) is 5.91 Å². The van der Waals surface area contributed by atoms with Gasteiger partial charge in [-0.25, -0.2) is 9.78 Å². The summed E-state index contributed by atoms with van der Waals surface area (Å²) in [5.74, 6) is -0.712. The SMILES string of the molecule is CCC(C)C(NC(=O)Cc1csc(-c2ccc(OC)cc2)n1)C(=O)O. The van der Waals surface area contributed by atoms with Crippen LogP contribution in [0.1, 0.15) is 26.0 Å². The van der Waals surface area contributed by atoms with Crippen molar-refractivity contribution in [2.24, 2.45) is 5.92 Å². The second-order valence-corrected chi connectivity index (χ2v) is 6.68. The molecule has 2 rings (SSSR count). The van der Waals surface area contributed by atoms with Gasteiger partial charge in [-0.3, -0.25) is 4.79 Å². The third kappa shape index (κ3) is 5.03. The molecule has 1 aromatic carbocycles. The highest BCUT2D eigenvalue weighted by molar-refractivity contribution is 7.13. The molecular formula is C18H22N2O4S. The predicted molar refractivity (Wildman–Crippen MR) is 96.8 cm³/mol. The highest BCUT2D eigenvalue weighted by Gasteiger charge is 2.25. The number of amides is 1. The Morgan fingerprint density at radius 1 is 1.32 bits per heavy atom. The number of carboxylic acid groups (broad SMARTS) is 1. The number of hydrogen-bond acceptors (Lipinski definition) is 5. The van der Waals surface area contributed by atoms with Gasteiger partial charge in [0.25, 0.3) is 0 Å². The van der Waals surface area contributed by atoms with Gasteiger partial charge >= 0.3 is 5.97 Å². The maximum Gasteiger partial charge on any atom is 0.326 e. The maximum atomic E-state index is 12.2. The van der Waals surface area contributed by atoms with Crippen LogP contribution in [0.25, 0.3) is 10.6 Å². The second kappa shape index (κ2) is 8.62. The molecule has 25 heavy (non-hydrogen) atoms. The first-order chi connectivity index (χ1) is 11.9. The molecule has 1 amide bonds. The predicted octanol–water partition coefficient (Wildman–Crippen LogP) is 2.98. The van der Waals surface area contributed by atoms with E-state index in [9.17, 15) is 14.7 Å². The van der Waals surface area contributed by atoms with Gasteiger partial charge in [0.05, 0.1) is 19.2 Å². The molecule has 0 aliphatic rings. The molecule has 1 heterocycles. The molecule has 0 saturated carbocycles. The summed E-state index contributed by atoms with van der Waals surface area (Å²) in [6, 6.07) is 6.65. The Balaban J connectivity index is 2.02. The van der Waals surface area contributed by atoms with Crippen LogP contribution in [0.15, 0.2) is 29.6 Å². The number of ether oxygens (including phenoxy) is 1. The van der Waals surface area contributed by atoms with Crippen LogP contribution in [0.5, 0.6) is 5.75 Å². The van der Waals surface area contributed by atoms with E-state index in [0.717, 1.165) is 16.3 Å². The minimum atomic E-state index is -1.01. The quantitative estimate of drug-likeness (QED) is 0.754. The summed E-state index contributed by atoms with van der Waals surface area (Å²) in [7, 11) is 1.61. The van der Waals surface area contributed by atoms with Crippen LogP contribution >= 0.6 is 11.3 Å². The number of hydrogen-bond donors (Lipinski definition) is 2. The summed E-state index contributed by atoms with van der Waals surface area (Å²) in [5, 5.41) is 14.5. The van der Waals surface area contributed by atoms with Crippen molar-refractivity contribution in [3.63, 3.8) is 0 Å². The number of aliphatic carboxylic acids is 1. The molecule has 0 fully saturated rings. The summed E-state index contributed by atoms with van der Waals surface area (Å²) >= 11 is 1.45. The average molecular weight is 362 g/mol. The average Bonchev–Trinajstić information content (AvgIpc) is 3.07. The standard InChI is InChI=1S/C18H22N2O4S/c1-4-11(2)16(18(22)23)20-15(21)9-13-10-25-17(19-13)12-5-7-14(24-3)8-6-12/h5-8,10-11,16H,4,9H2,1-3H3,(H,20,21)(H,22,23). The molecule has 0 aliphatic carbocycles. The van der Waals surface area contributed by atoms with Gasteiger partial charge in [-0.15, -0.1) is 11.3 Å². The van der Waals surface area contributed by atoms with Gasteiger partial charge < -0.3 is 15.2 Å². The van der Waals surface area contributed by atoms with E-state index in [4.69, 9.17) is 4.74 Å². The molecule has 0 saturated heterocycles. The molecule has 2 unspecified atom stereocenters. The third-order valence-electron chi connectivity index (χ3n) is 4.03. The molecule has 0 spiro atoms. The minimum Gasteiger partial charge on any atom is -0.497 e. The first-order valence-electron chi connectivity index (χ1n) is 8.05. The van der Waals surface area contributed by atoms with E-state index in [-0.39, 0.29) is 18.2 Å². The number of thiazole rings is 1. The maximum absolute atomic E-state index is 12.2. The Bertz CT molecular complexity index is 727. The lowest BCUT2D eigenvalue weighted by Gasteiger charge is -2.19. The Morgan fingerprint density at radius 2 is 2.00 bits per heavy atom. The summed E-state index contributed by atoms with van der Waals surface area (Å²) in [4.78, 5) is 27.9. The van der Waals surface area contributed by atoms with Crippen LogP contribution < -0.4 is 10.1 Å². The van der Waals surface area contributed by atoms with Gasteiger partial charge in [-0.1, -0.05) is 20.3 Å².